The summed E-state index contributed by atoms with van der Waals surface area (Å²) < 4.78 is 0. The van der Waals surface area contributed by atoms with E-state index >= 15 is 0 Å². The second-order valence-corrected chi connectivity index (χ2v) is 7.25. The van der Waals surface area contributed by atoms with E-state index < -0.39 is 5.41 Å². The first-order valence-corrected chi connectivity index (χ1v) is 7.71. The highest BCUT2D eigenvalue weighted by molar-refractivity contribution is 6.05. The molecule has 1 aliphatic heterocycles. The molecule has 3 unspecified atom stereocenters. The molecule has 2 fully saturated rings. The highest BCUT2D eigenvalue weighted by atomic mass is 16.2. The summed E-state index contributed by atoms with van der Waals surface area (Å²) in [5.74, 6) is 2.49. The lowest BCUT2D eigenvalue weighted by Gasteiger charge is -2.19. The predicted molar refractivity (Wildman–Crippen MR) is 79.3 cm³/mol. The SMILES string of the molecule is CC1(C)C(=O)Nc2ccc(C(N)C3C4CCCC43)cc21. The van der Waals surface area contributed by atoms with Gasteiger partial charge in [0.05, 0.1) is 5.41 Å². The van der Waals surface area contributed by atoms with Crippen LogP contribution in [-0.2, 0) is 10.2 Å². The van der Waals surface area contributed by atoms with Gasteiger partial charge in [0.1, 0.15) is 0 Å². The van der Waals surface area contributed by atoms with Crippen LogP contribution in [0.4, 0.5) is 5.69 Å². The average molecular weight is 270 g/mol. The fourth-order valence-electron chi connectivity index (χ4n) is 4.43. The fourth-order valence-corrected chi connectivity index (χ4v) is 4.43. The zero-order valence-corrected chi connectivity index (χ0v) is 12.1. The van der Waals surface area contributed by atoms with Crippen molar-refractivity contribution in [1.29, 1.82) is 0 Å². The van der Waals surface area contributed by atoms with E-state index in [1.54, 1.807) is 0 Å². The van der Waals surface area contributed by atoms with Crippen LogP contribution in [0.25, 0.3) is 0 Å². The van der Waals surface area contributed by atoms with Crippen LogP contribution in [0.3, 0.4) is 0 Å². The molecule has 106 valence electrons. The number of fused-ring (bicyclic) bond motifs is 2. The third-order valence-electron chi connectivity index (χ3n) is 5.81. The quantitative estimate of drug-likeness (QED) is 0.868. The van der Waals surface area contributed by atoms with E-state index in [0.29, 0.717) is 5.92 Å². The Kier molecular flexibility index (Phi) is 2.39. The second-order valence-electron chi connectivity index (χ2n) is 7.25. The Balaban J connectivity index is 1.65. The molecule has 1 aromatic carbocycles. The van der Waals surface area contributed by atoms with E-state index in [-0.39, 0.29) is 11.9 Å². The predicted octanol–water partition coefficient (Wildman–Crippen LogP) is 2.96. The number of anilines is 1. The Morgan fingerprint density at radius 2 is 2.00 bits per heavy atom. The first-order chi connectivity index (χ1) is 9.50. The van der Waals surface area contributed by atoms with Crippen LogP contribution in [0.5, 0.6) is 0 Å². The number of hydrogen-bond donors (Lipinski definition) is 2. The lowest BCUT2D eigenvalue weighted by molar-refractivity contribution is -0.119. The minimum Gasteiger partial charge on any atom is -0.325 e. The van der Waals surface area contributed by atoms with E-state index in [9.17, 15) is 4.79 Å². The molecule has 3 nitrogen and oxygen atoms in total. The lowest BCUT2D eigenvalue weighted by Crippen LogP contribution is -2.27. The minimum absolute atomic E-state index is 0.0847. The zero-order valence-electron chi connectivity index (χ0n) is 12.1. The van der Waals surface area contributed by atoms with Crippen LogP contribution in [-0.4, -0.2) is 5.91 Å². The van der Waals surface area contributed by atoms with Crippen molar-refractivity contribution in [1.82, 2.24) is 0 Å². The summed E-state index contributed by atoms with van der Waals surface area (Å²) in [7, 11) is 0. The zero-order chi connectivity index (χ0) is 14.1. The second kappa shape index (κ2) is 3.85. The van der Waals surface area contributed by atoms with Crippen LogP contribution in [0.1, 0.15) is 50.3 Å². The summed E-state index contributed by atoms with van der Waals surface area (Å²) in [5, 5.41) is 2.96. The van der Waals surface area contributed by atoms with Gasteiger partial charge in [-0.2, -0.15) is 0 Å². The normalized spacial score (nSPS) is 34.4. The molecular weight excluding hydrogens is 248 g/mol. The Bertz CT molecular complexity index is 583. The van der Waals surface area contributed by atoms with E-state index in [0.717, 1.165) is 23.1 Å². The van der Waals surface area contributed by atoms with Crippen molar-refractivity contribution in [3.63, 3.8) is 0 Å². The standard InChI is InChI=1S/C17H22N2O/c1-17(2)12-8-9(6-7-13(12)19-16(17)20)15(18)14-10-4-3-5-11(10)14/h6-8,10-11,14-15H,3-5,18H2,1-2H3,(H,19,20). The summed E-state index contributed by atoms with van der Waals surface area (Å²) in [4.78, 5) is 12.0. The molecule has 0 spiro atoms. The average Bonchev–Trinajstić information content (AvgIpc) is 2.79. The van der Waals surface area contributed by atoms with Crippen LogP contribution in [0, 0.1) is 17.8 Å². The Morgan fingerprint density at radius 1 is 1.30 bits per heavy atom. The summed E-state index contributed by atoms with van der Waals surface area (Å²) in [6.45, 7) is 3.96. The highest BCUT2D eigenvalue weighted by Crippen LogP contribution is 2.61. The fraction of sp³-hybridized carbons (Fsp3) is 0.588. The molecule has 0 radical (unpaired) electrons. The molecule has 0 aromatic heterocycles. The molecule has 3 aliphatic rings. The number of carbonyl (C=O) groups is 1. The molecule has 3 N–H and O–H groups in total. The van der Waals surface area contributed by atoms with E-state index in [1.165, 1.54) is 24.8 Å². The van der Waals surface area contributed by atoms with Gasteiger partial charge in [-0.1, -0.05) is 18.6 Å². The Labute approximate surface area is 119 Å². The van der Waals surface area contributed by atoms with Gasteiger partial charge in [0, 0.05) is 11.7 Å². The van der Waals surface area contributed by atoms with Crippen molar-refractivity contribution in [2.24, 2.45) is 23.5 Å². The van der Waals surface area contributed by atoms with Crippen molar-refractivity contribution in [3.8, 4) is 0 Å². The van der Waals surface area contributed by atoms with Crippen molar-refractivity contribution in [3.05, 3.63) is 29.3 Å². The van der Waals surface area contributed by atoms with Crippen LogP contribution in [0.15, 0.2) is 18.2 Å². The van der Waals surface area contributed by atoms with Crippen LogP contribution in [0.2, 0.25) is 0 Å². The number of nitrogens with one attached hydrogen (secondary N) is 1. The van der Waals surface area contributed by atoms with Gasteiger partial charge >= 0.3 is 0 Å². The van der Waals surface area contributed by atoms with Gasteiger partial charge in [-0.05, 0) is 61.6 Å². The molecule has 1 amide bonds. The Hall–Kier alpha value is -1.35. The molecule has 1 aromatic rings. The third-order valence-corrected chi connectivity index (χ3v) is 5.81. The summed E-state index contributed by atoms with van der Waals surface area (Å²) >= 11 is 0. The van der Waals surface area contributed by atoms with E-state index in [2.05, 4.69) is 17.4 Å². The molecule has 20 heavy (non-hydrogen) atoms. The van der Waals surface area contributed by atoms with Gasteiger partial charge in [-0.15, -0.1) is 0 Å². The number of benzene rings is 1. The monoisotopic (exact) mass is 270 g/mol. The molecule has 2 aliphatic carbocycles. The van der Waals surface area contributed by atoms with Crippen LogP contribution < -0.4 is 11.1 Å². The minimum atomic E-state index is -0.440. The van der Waals surface area contributed by atoms with E-state index in [4.69, 9.17) is 5.73 Å². The number of hydrogen-bond acceptors (Lipinski definition) is 2. The topological polar surface area (TPSA) is 55.1 Å². The van der Waals surface area contributed by atoms with Crippen molar-refractivity contribution in [2.45, 2.75) is 44.6 Å². The molecule has 2 saturated carbocycles. The third kappa shape index (κ3) is 1.53. The molecule has 1 heterocycles. The maximum atomic E-state index is 12.0. The molecular formula is C17H22N2O. The summed E-state index contributed by atoms with van der Waals surface area (Å²) in [6.07, 6.45) is 4.10. The largest absolute Gasteiger partial charge is 0.325 e. The number of nitrogens with two attached hydrogens (primary N) is 1. The highest BCUT2D eigenvalue weighted by Gasteiger charge is 2.55. The maximum absolute atomic E-state index is 12.0. The first kappa shape index (κ1) is 12.4. The Morgan fingerprint density at radius 3 is 2.70 bits per heavy atom. The van der Waals surface area contributed by atoms with Gasteiger partial charge < -0.3 is 11.1 Å². The molecule has 3 heteroatoms. The lowest BCUT2D eigenvalue weighted by atomic mass is 9.84. The summed E-state index contributed by atoms with van der Waals surface area (Å²) in [5.41, 5.74) is 9.31. The van der Waals surface area contributed by atoms with Gasteiger partial charge in [0.2, 0.25) is 5.91 Å². The van der Waals surface area contributed by atoms with Crippen molar-refractivity contribution >= 4 is 11.6 Å². The molecule has 0 bridgehead atoms. The summed E-state index contributed by atoms with van der Waals surface area (Å²) in [6, 6.07) is 6.42. The number of amides is 1. The first-order valence-electron chi connectivity index (χ1n) is 7.71. The number of rotatable bonds is 2. The molecule has 3 atom stereocenters. The van der Waals surface area contributed by atoms with E-state index in [1.807, 2.05) is 19.9 Å². The van der Waals surface area contributed by atoms with Crippen molar-refractivity contribution < 1.29 is 4.79 Å². The van der Waals surface area contributed by atoms with Gasteiger partial charge in [-0.25, -0.2) is 0 Å². The maximum Gasteiger partial charge on any atom is 0.234 e. The van der Waals surface area contributed by atoms with Gasteiger partial charge in [0.15, 0.2) is 0 Å². The van der Waals surface area contributed by atoms with Gasteiger partial charge in [-0.3, -0.25) is 4.79 Å². The molecule has 4 rings (SSSR count). The van der Waals surface area contributed by atoms with Crippen LogP contribution >= 0.6 is 0 Å². The van der Waals surface area contributed by atoms with Crippen molar-refractivity contribution in [2.75, 3.05) is 5.32 Å². The van der Waals surface area contributed by atoms with Gasteiger partial charge in [0.25, 0.3) is 0 Å². The number of carbonyl (C=O) groups excluding carboxylic acids is 1. The smallest absolute Gasteiger partial charge is 0.234 e. The molecule has 0 saturated heterocycles.